The molecule has 1 heterocycles. The smallest absolute Gasteiger partial charge is 0.0457 e. The number of hydrogen-bond acceptors (Lipinski definition) is 0. The number of alkyl halides is 1. The van der Waals surface area contributed by atoms with Gasteiger partial charge in [0.25, 0.3) is 0 Å². The molecule has 1 aromatic heterocycles. The molecule has 0 spiro atoms. The van der Waals surface area contributed by atoms with Gasteiger partial charge in [-0.3, -0.25) is 0 Å². The van der Waals surface area contributed by atoms with E-state index in [1.807, 2.05) is 0 Å². The van der Waals surface area contributed by atoms with Gasteiger partial charge in [-0.05, 0) is 17.2 Å². The zero-order chi connectivity index (χ0) is 12.4. The van der Waals surface area contributed by atoms with Crippen LogP contribution in [0, 0.1) is 0 Å². The Bertz CT molecular complexity index is 642. The number of aromatic amines is 1. The van der Waals surface area contributed by atoms with Crippen LogP contribution in [0.15, 0.2) is 60.8 Å². The Morgan fingerprint density at radius 2 is 1.67 bits per heavy atom. The van der Waals surface area contributed by atoms with E-state index in [2.05, 4.69) is 81.7 Å². The van der Waals surface area contributed by atoms with E-state index in [4.69, 9.17) is 0 Å². The summed E-state index contributed by atoms with van der Waals surface area (Å²) in [6.07, 6.45) is 2.13. The first kappa shape index (κ1) is 11.5. The highest BCUT2D eigenvalue weighted by molar-refractivity contribution is 9.09. The third kappa shape index (κ3) is 1.97. The number of nitrogens with one attached hydrogen (secondary N) is 1. The fraction of sp³-hybridized carbons (Fsp3) is 0.125. The van der Waals surface area contributed by atoms with Gasteiger partial charge < -0.3 is 4.98 Å². The highest BCUT2D eigenvalue weighted by Crippen LogP contribution is 2.31. The first-order chi connectivity index (χ1) is 8.90. The Kier molecular flexibility index (Phi) is 3.20. The van der Waals surface area contributed by atoms with Crippen molar-refractivity contribution in [3.05, 3.63) is 71.9 Å². The number of hydrogen-bond donors (Lipinski definition) is 1. The number of halogens is 1. The quantitative estimate of drug-likeness (QED) is 0.675. The molecule has 2 heteroatoms. The minimum atomic E-state index is 0.391. The van der Waals surface area contributed by atoms with Gasteiger partial charge >= 0.3 is 0 Å². The molecule has 1 nitrogen and oxygen atoms in total. The molecular weight excluding hydrogens is 286 g/mol. The lowest BCUT2D eigenvalue weighted by Gasteiger charge is -2.13. The van der Waals surface area contributed by atoms with E-state index in [1.165, 1.54) is 22.0 Å². The molecule has 0 fully saturated rings. The van der Waals surface area contributed by atoms with Crippen molar-refractivity contribution in [3.63, 3.8) is 0 Å². The molecule has 0 amide bonds. The Morgan fingerprint density at radius 3 is 2.44 bits per heavy atom. The Hall–Kier alpha value is -1.54. The molecule has 90 valence electrons. The molecule has 0 aliphatic carbocycles. The number of fused-ring (bicyclic) bond motifs is 1. The average Bonchev–Trinajstić information content (AvgIpc) is 2.85. The maximum absolute atomic E-state index is 3.65. The molecule has 0 bridgehead atoms. The molecule has 3 aromatic rings. The van der Waals surface area contributed by atoms with Gasteiger partial charge in [0.15, 0.2) is 0 Å². The summed E-state index contributed by atoms with van der Waals surface area (Å²) in [4.78, 5) is 3.35. The average molecular weight is 300 g/mol. The molecule has 3 rings (SSSR count). The van der Waals surface area contributed by atoms with Crippen LogP contribution in [-0.2, 0) is 0 Å². The summed E-state index contributed by atoms with van der Waals surface area (Å²) in [5.74, 6) is 0.391. The largest absolute Gasteiger partial charge is 0.361 e. The highest BCUT2D eigenvalue weighted by Gasteiger charge is 2.16. The fourth-order valence-corrected chi connectivity index (χ4v) is 3.14. The van der Waals surface area contributed by atoms with Crippen LogP contribution in [0.5, 0.6) is 0 Å². The number of H-pyrrole nitrogens is 1. The lowest BCUT2D eigenvalue weighted by atomic mass is 9.93. The molecule has 1 N–H and O–H groups in total. The summed E-state index contributed by atoms with van der Waals surface area (Å²) in [6.45, 7) is 0. The van der Waals surface area contributed by atoms with Crippen molar-refractivity contribution in [2.24, 2.45) is 0 Å². The number of benzene rings is 2. The van der Waals surface area contributed by atoms with E-state index in [9.17, 15) is 0 Å². The van der Waals surface area contributed by atoms with Crippen molar-refractivity contribution >= 4 is 26.8 Å². The zero-order valence-electron chi connectivity index (χ0n) is 9.94. The van der Waals surface area contributed by atoms with Crippen LogP contribution >= 0.6 is 15.9 Å². The van der Waals surface area contributed by atoms with Crippen LogP contribution in [0.25, 0.3) is 10.9 Å². The van der Waals surface area contributed by atoms with Gasteiger partial charge in [-0.25, -0.2) is 0 Å². The summed E-state index contributed by atoms with van der Waals surface area (Å²) in [5, 5.41) is 2.24. The van der Waals surface area contributed by atoms with Gasteiger partial charge in [-0.2, -0.15) is 0 Å². The first-order valence-electron chi connectivity index (χ1n) is 6.07. The molecule has 1 unspecified atom stereocenters. The zero-order valence-corrected chi connectivity index (χ0v) is 11.5. The predicted molar refractivity (Wildman–Crippen MR) is 80.4 cm³/mol. The van der Waals surface area contributed by atoms with Crippen molar-refractivity contribution < 1.29 is 0 Å². The van der Waals surface area contributed by atoms with Crippen molar-refractivity contribution in [1.29, 1.82) is 0 Å². The van der Waals surface area contributed by atoms with E-state index in [-0.39, 0.29) is 0 Å². The lowest BCUT2D eigenvalue weighted by molar-refractivity contribution is 0.955. The number of para-hydroxylation sites is 1. The predicted octanol–water partition coefficient (Wildman–Crippen LogP) is 4.69. The minimum Gasteiger partial charge on any atom is -0.361 e. The Balaban J connectivity index is 2.12. The Morgan fingerprint density at radius 1 is 0.944 bits per heavy atom. The second-order valence-electron chi connectivity index (χ2n) is 4.41. The standard InChI is InChI=1S/C16H14BrN/c17-10-14(12-6-2-1-3-7-12)15-11-18-16-9-5-4-8-13(15)16/h1-9,11,14,18H,10H2. The van der Waals surface area contributed by atoms with Gasteiger partial charge in [0.05, 0.1) is 0 Å². The summed E-state index contributed by atoms with van der Waals surface area (Å²) >= 11 is 3.65. The topological polar surface area (TPSA) is 15.8 Å². The molecule has 0 saturated heterocycles. The van der Waals surface area contributed by atoms with Gasteiger partial charge in [0.1, 0.15) is 0 Å². The summed E-state index contributed by atoms with van der Waals surface area (Å²) in [5.41, 5.74) is 3.90. The summed E-state index contributed by atoms with van der Waals surface area (Å²) < 4.78 is 0. The molecule has 1 atom stereocenters. The maximum atomic E-state index is 3.65. The molecule has 0 aliphatic heterocycles. The van der Waals surface area contributed by atoms with Crippen LogP contribution < -0.4 is 0 Å². The SMILES string of the molecule is BrCC(c1ccccc1)c1c[nH]c2ccccc12. The molecule has 0 saturated carbocycles. The van der Waals surface area contributed by atoms with Gasteiger partial charge in [0.2, 0.25) is 0 Å². The van der Waals surface area contributed by atoms with Crippen LogP contribution in [0.3, 0.4) is 0 Å². The summed E-state index contributed by atoms with van der Waals surface area (Å²) in [6, 6.07) is 19.1. The lowest BCUT2D eigenvalue weighted by Crippen LogP contribution is -2.01. The maximum Gasteiger partial charge on any atom is 0.0457 e. The number of aromatic nitrogens is 1. The van der Waals surface area contributed by atoms with E-state index in [0.717, 1.165) is 5.33 Å². The van der Waals surface area contributed by atoms with E-state index >= 15 is 0 Å². The molecule has 0 aliphatic rings. The third-order valence-electron chi connectivity index (χ3n) is 3.35. The van der Waals surface area contributed by atoms with Gasteiger partial charge in [-0.1, -0.05) is 64.5 Å². The second kappa shape index (κ2) is 4.99. The fourth-order valence-electron chi connectivity index (χ4n) is 2.42. The van der Waals surface area contributed by atoms with Crippen molar-refractivity contribution in [2.45, 2.75) is 5.92 Å². The summed E-state index contributed by atoms with van der Waals surface area (Å²) in [7, 11) is 0. The monoisotopic (exact) mass is 299 g/mol. The van der Waals surface area contributed by atoms with E-state index in [0.29, 0.717) is 5.92 Å². The van der Waals surface area contributed by atoms with Crippen LogP contribution in [0.2, 0.25) is 0 Å². The molecule has 0 radical (unpaired) electrons. The van der Waals surface area contributed by atoms with Gasteiger partial charge in [0, 0.05) is 28.3 Å². The minimum absolute atomic E-state index is 0.391. The normalized spacial score (nSPS) is 12.7. The molecule has 2 aromatic carbocycles. The second-order valence-corrected chi connectivity index (χ2v) is 5.05. The highest BCUT2D eigenvalue weighted by atomic mass is 79.9. The number of rotatable bonds is 3. The third-order valence-corrected chi connectivity index (χ3v) is 4.00. The molecule has 18 heavy (non-hydrogen) atoms. The van der Waals surface area contributed by atoms with Crippen LogP contribution in [0.1, 0.15) is 17.0 Å². The van der Waals surface area contributed by atoms with Crippen molar-refractivity contribution in [1.82, 2.24) is 4.98 Å². The van der Waals surface area contributed by atoms with Crippen LogP contribution in [-0.4, -0.2) is 10.3 Å². The Labute approximate surface area is 115 Å². The van der Waals surface area contributed by atoms with Crippen LogP contribution in [0.4, 0.5) is 0 Å². The van der Waals surface area contributed by atoms with Crippen molar-refractivity contribution in [2.75, 3.05) is 5.33 Å². The molecular formula is C16H14BrN. The first-order valence-corrected chi connectivity index (χ1v) is 7.19. The van der Waals surface area contributed by atoms with E-state index in [1.54, 1.807) is 0 Å². The van der Waals surface area contributed by atoms with E-state index < -0.39 is 0 Å². The van der Waals surface area contributed by atoms with Crippen molar-refractivity contribution in [3.8, 4) is 0 Å². The van der Waals surface area contributed by atoms with Gasteiger partial charge in [-0.15, -0.1) is 0 Å².